The van der Waals surface area contributed by atoms with Crippen LogP contribution in [0.3, 0.4) is 0 Å². The smallest absolute Gasteiger partial charge is 0.390 e. The first kappa shape index (κ1) is 67.9. The number of hydrogen-bond acceptors (Lipinski definition) is 28. The van der Waals surface area contributed by atoms with Crippen LogP contribution in [0.5, 0.6) is 0 Å². The fourth-order valence-electron chi connectivity index (χ4n) is 8.22. The highest BCUT2D eigenvalue weighted by molar-refractivity contribution is 6.56. The van der Waals surface area contributed by atoms with Gasteiger partial charge < -0.3 is 64.0 Å². The molecule has 0 radical (unpaired) electrons. The molecule has 34 nitrogen and oxygen atoms in total. The van der Waals surface area contributed by atoms with E-state index in [0.717, 1.165) is 0 Å². The zero-order valence-corrected chi connectivity index (χ0v) is 47.6. The average Bonchev–Trinajstić information content (AvgIpc) is 3.12. The van der Waals surface area contributed by atoms with Crippen molar-refractivity contribution in [2.45, 2.75) is 128 Å². The van der Waals surface area contributed by atoms with Gasteiger partial charge in [-0.2, -0.15) is 0 Å². The number of amides is 11. The lowest BCUT2D eigenvalue weighted by molar-refractivity contribution is -0.197. The van der Waals surface area contributed by atoms with Gasteiger partial charge in [-0.15, -0.1) is 25.3 Å². The summed E-state index contributed by atoms with van der Waals surface area (Å²) in [5.74, 6) is -12.0. The zero-order valence-electron chi connectivity index (χ0n) is 45.6. The van der Waals surface area contributed by atoms with E-state index in [4.69, 9.17) is 58.7 Å². The van der Waals surface area contributed by atoms with E-state index < -0.39 is 145 Å². The monoisotopic (exact) mass is 1250 g/mol. The van der Waals surface area contributed by atoms with Crippen molar-refractivity contribution in [1.29, 1.82) is 0 Å². The van der Waals surface area contributed by atoms with Gasteiger partial charge in [-0.3, -0.25) is 52.7 Å². The van der Waals surface area contributed by atoms with Crippen LogP contribution in [0.15, 0.2) is 36.4 Å². The van der Waals surface area contributed by atoms with Gasteiger partial charge in [0.25, 0.3) is 59.1 Å². The summed E-state index contributed by atoms with van der Waals surface area (Å²) in [6, 6.07) is 8.31. The van der Waals surface area contributed by atoms with Gasteiger partial charge in [-0.25, -0.2) is 24.0 Å². The molecule has 5 aliphatic heterocycles. The second kappa shape index (κ2) is 30.8. The minimum Gasteiger partial charge on any atom is -0.390 e. The van der Waals surface area contributed by atoms with Crippen molar-refractivity contribution in [2.75, 3.05) is 13.1 Å². The third-order valence-electron chi connectivity index (χ3n) is 12.1. The highest BCUT2D eigenvalue weighted by Gasteiger charge is 2.37. The summed E-state index contributed by atoms with van der Waals surface area (Å²) in [6.45, 7) is 0.437. The maximum absolute atomic E-state index is 12.4. The highest BCUT2D eigenvalue weighted by Crippen LogP contribution is 2.22. The van der Waals surface area contributed by atoms with Gasteiger partial charge in [0.05, 0.1) is 38.5 Å². The Morgan fingerprint density at radius 2 is 0.558 bits per heavy atom. The topological polar surface area (TPSA) is 495 Å². The standard InChI is InChI=1S/C24H21N3O12.C23H27N3O12Si.C3H11NO3Si/c28-16-1-2-17(29)25(16)37-22(34)10-13-7-14(11-23(35)38-26-18(30)3-4-19(26)31)9-15(8-13)12-24(36)39-27-20(32)5-6-21(27)33;27-17(24-6-1-7-39(34,35)36)11-14-8-15(12-22(32)37-25-18(28)2-3-19(25)29)10-16(9-14)13-23(33)38-26-20(30)4-5-21(26)31;4-2-1-3-8(5,6)7/h7-9H,1-6,10-12H2;8-10,34-36H,1-7,11-13H2,(H,24,27);5-7H,1-4H2. The first-order valence-corrected chi connectivity index (χ1v) is 30.3. The van der Waals surface area contributed by atoms with Crippen molar-refractivity contribution >= 4 is 112 Å². The number of nitrogens with two attached hydrogens (primary N) is 1. The molecule has 86 heavy (non-hydrogen) atoms. The molecule has 36 heteroatoms. The first-order valence-electron chi connectivity index (χ1n) is 26.2. The molecule has 5 aliphatic rings. The number of rotatable bonds is 24. The first-order chi connectivity index (χ1) is 40.4. The number of hydroxylamine groups is 10. The Bertz CT molecular complexity index is 2750. The van der Waals surface area contributed by atoms with E-state index in [1.807, 2.05) is 0 Å². The maximum Gasteiger partial charge on any atom is 0.492 e. The summed E-state index contributed by atoms with van der Waals surface area (Å²) in [4.78, 5) is 268. The number of carbonyl (C=O) groups excluding carboxylic acids is 16. The summed E-state index contributed by atoms with van der Waals surface area (Å²) in [7, 11) is -7.98. The molecule has 11 amide bonds. The molecule has 2 aromatic rings. The number of nitrogens with zero attached hydrogens (tertiary/aromatic N) is 5. The van der Waals surface area contributed by atoms with Crippen molar-refractivity contribution in [3.05, 3.63) is 69.8 Å². The van der Waals surface area contributed by atoms with E-state index in [9.17, 15) is 76.7 Å². The molecule has 0 aromatic heterocycles. The molecule has 5 saturated heterocycles. The Balaban J connectivity index is 0.000000278. The summed E-state index contributed by atoms with van der Waals surface area (Å²) in [6.07, 6.45) is -2.81. The van der Waals surface area contributed by atoms with Crippen LogP contribution in [0.1, 0.15) is 110 Å². The fourth-order valence-corrected chi connectivity index (χ4v) is 9.55. The predicted molar refractivity (Wildman–Crippen MR) is 277 cm³/mol. The van der Waals surface area contributed by atoms with Crippen molar-refractivity contribution in [3.8, 4) is 0 Å². The van der Waals surface area contributed by atoms with Crippen LogP contribution in [0.2, 0.25) is 12.1 Å². The molecular weight excluding hydrogens is 1190 g/mol. The molecule has 0 bridgehead atoms. The van der Waals surface area contributed by atoms with E-state index in [-0.39, 0.29) is 124 Å². The SMILES string of the molecule is NCCC[Si](O)(O)O.O=C(Cc1cc(CC(=O)ON2C(=O)CCC2=O)cc(CC(=O)ON2C(=O)CCC2=O)c1)NCCC[Si](O)(O)O.O=C(Cc1cc(CC(=O)ON2C(=O)CCC2=O)cc(CC(=O)ON2C(=O)CCC2=O)c1)ON1C(=O)CCC1=O. The lowest BCUT2D eigenvalue weighted by atomic mass is 9.99. The van der Waals surface area contributed by atoms with Crippen molar-refractivity contribution in [3.63, 3.8) is 0 Å². The Morgan fingerprint density at radius 1 is 0.360 bits per heavy atom. The highest BCUT2D eigenvalue weighted by atomic mass is 28.4. The summed E-state index contributed by atoms with van der Waals surface area (Å²) >= 11 is 0. The van der Waals surface area contributed by atoms with Crippen LogP contribution in [0.25, 0.3) is 0 Å². The van der Waals surface area contributed by atoms with Gasteiger partial charge in [0.15, 0.2) is 0 Å². The van der Waals surface area contributed by atoms with Crippen molar-refractivity contribution < 1.29 is 130 Å². The number of benzene rings is 2. The zero-order chi connectivity index (χ0) is 63.6. The van der Waals surface area contributed by atoms with Crippen LogP contribution in [-0.2, 0) is 139 Å². The second-order valence-electron chi connectivity index (χ2n) is 19.5. The molecule has 5 heterocycles. The van der Waals surface area contributed by atoms with E-state index >= 15 is 0 Å². The van der Waals surface area contributed by atoms with Crippen LogP contribution in [0, 0.1) is 0 Å². The molecule has 0 atom stereocenters. The molecule has 7 rings (SSSR count). The molecule has 0 spiro atoms. The lowest BCUT2D eigenvalue weighted by Gasteiger charge is -2.15. The molecule has 9 N–H and O–H groups in total. The van der Waals surface area contributed by atoms with E-state index in [0.29, 0.717) is 43.8 Å². The fraction of sp³-hybridized carbons (Fsp3) is 0.440. The summed E-state index contributed by atoms with van der Waals surface area (Å²) < 4.78 is 0. The van der Waals surface area contributed by atoms with Gasteiger partial charge in [-0.05, 0) is 52.8 Å². The molecule has 0 unspecified atom stereocenters. The van der Waals surface area contributed by atoms with Gasteiger partial charge in [0, 0.05) is 82.8 Å². The summed E-state index contributed by atoms with van der Waals surface area (Å²) in [5.41, 5.74) is 6.54. The Hall–Kier alpha value is -8.89. The molecule has 0 aliphatic carbocycles. The summed E-state index contributed by atoms with van der Waals surface area (Å²) in [5, 5.41) is 4.44. The van der Waals surface area contributed by atoms with E-state index in [1.165, 1.54) is 36.4 Å². The predicted octanol–water partition coefficient (Wildman–Crippen LogP) is -4.66. The van der Waals surface area contributed by atoms with Gasteiger partial charge in [0.1, 0.15) is 0 Å². The molecule has 5 fully saturated rings. The Kier molecular flexibility index (Phi) is 24.3. The van der Waals surface area contributed by atoms with E-state index in [2.05, 4.69) is 5.32 Å². The van der Waals surface area contributed by atoms with Crippen LogP contribution < -0.4 is 11.1 Å². The second-order valence-corrected chi connectivity index (χ2v) is 23.6. The number of nitrogens with one attached hydrogen (secondary N) is 1. The third kappa shape index (κ3) is 21.9. The molecule has 2 aromatic carbocycles. The number of hydrogen-bond donors (Lipinski definition) is 8. The van der Waals surface area contributed by atoms with Crippen molar-refractivity contribution in [2.24, 2.45) is 5.73 Å². The quantitative estimate of drug-likeness (QED) is 0.0278. The van der Waals surface area contributed by atoms with Gasteiger partial charge in [-0.1, -0.05) is 36.4 Å². The normalized spacial score (nSPS) is 16.1. The van der Waals surface area contributed by atoms with Crippen molar-refractivity contribution in [1.82, 2.24) is 30.6 Å². The Labute approximate surface area is 487 Å². The largest absolute Gasteiger partial charge is 0.492 e. The van der Waals surface area contributed by atoms with E-state index in [1.54, 1.807) is 0 Å². The molecule has 0 saturated carbocycles. The van der Waals surface area contributed by atoms with Crippen LogP contribution in [0.4, 0.5) is 0 Å². The molecular formula is C50H59N7O27Si2. The minimum absolute atomic E-state index is 0.0451. The number of carbonyl (C=O) groups is 16. The minimum atomic E-state index is -4.22. The van der Waals surface area contributed by atoms with Gasteiger partial charge in [0.2, 0.25) is 5.91 Å². The third-order valence-corrected chi connectivity index (χ3v) is 14.1. The number of imide groups is 5. The maximum atomic E-state index is 12.4. The Morgan fingerprint density at radius 3 is 0.744 bits per heavy atom. The van der Waals surface area contributed by atoms with Crippen LogP contribution >= 0.6 is 0 Å². The lowest BCUT2D eigenvalue weighted by Crippen LogP contribution is -2.36. The van der Waals surface area contributed by atoms with Crippen LogP contribution in [-0.4, -0.2) is 180 Å². The van der Waals surface area contributed by atoms with Gasteiger partial charge >= 0.3 is 47.5 Å². The average molecular weight is 1250 g/mol. The molecule has 464 valence electrons.